The average molecular weight is 321 g/mol. The van der Waals surface area contributed by atoms with Crippen molar-refractivity contribution in [2.24, 2.45) is 0 Å². The van der Waals surface area contributed by atoms with Crippen LogP contribution in [0.25, 0.3) is 0 Å². The predicted molar refractivity (Wildman–Crippen MR) is 93.1 cm³/mol. The molecule has 4 heteroatoms. The van der Waals surface area contributed by atoms with E-state index < -0.39 is 0 Å². The molecule has 0 saturated carbocycles. The summed E-state index contributed by atoms with van der Waals surface area (Å²) in [5.74, 6) is 3.52. The molecule has 1 aromatic carbocycles. The van der Waals surface area contributed by atoms with Gasteiger partial charge < -0.3 is 14.8 Å². The minimum Gasteiger partial charge on any atom is -0.497 e. The zero-order valence-electron chi connectivity index (χ0n) is 13.5. The average Bonchev–Trinajstić information content (AvgIpc) is 2.62. The Bertz CT molecular complexity index is 451. The number of nitrogens with one attached hydrogen (secondary N) is 1. The minimum absolute atomic E-state index is 0.215. The maximum atomic E-state index is 5.63. The first-order valence-electron chi connectivity index (χ1n) is 8.36. The Labute approximate surface area is 138 Å². The molecule has 2 heterocycles. The highest BCUT2D eigenvalue weighted by molar-refractivity contribution is 7.99. The molecule has 122 valence electrons. The monoisotopic (exact) mass is 321 g/mol. The summed E-state index contributed by atoms with van der Waals surface area (Å²) < 4.78 is 10.9. The summed E-state index contributed by atoms with van der Waals surface area (Å²) in [6.45, 7) is 2.80. The Balaban J connectivity index is 1.71. The van der Waals surface area contributed by atoms with E-state index in [1.807, 2.05) is 0 Å². The molecule has 1 aromatic rings. The molecular formula is C18H27NO2S. The van der Waals surface area contributed by atoms with E-state index in [-0.39, 0.29) is 5.41 Å². The van der Waals surface area contributed by atoms with Gasteiger partial charge in [0.15, 0.2) is 0 Å². The molecule has 0 amide bonds. The van der Waals surface area contributed by atoms with E-state index in [0.717, 1.165) is 38.3 Å². The molecule has 0 spiro atoms. The van der Waals surface area contributed by atoms with Crippen LogP contribution < -0.4 is 10.1 Å². The van der Waals surface area contributed by atoms with Gasteiger partial charge in [-0.05, 0) is 49.1 Å². The van der Waals surface area contributed by atoms with Gasteiger partial charge in [-0.15, -0.1) is 0 Å². The second-order valence-electron chi connectivity index (χ2n) is 6.42. The molecule has 0 aliphatic carbocycles. The van der Waals surface area contributed by atoms with E-state index in [0.29, 0.717) is 6.04 Å². The lowest BCUT2D eigenvalue weighted by Crippen LogP contribution is -2.47. The largest absolute Gasteiger partial charge is 0.497 e. The van der Waals surface area contributed by atoms with Crippen LogP contribution in [0.2, 0.25) is 0 Å². The highest BCUT2D eigenvalue weighted by Crippen LogP contribution is 2.35. The number of hydrogen-bond donors (Lipinski definition) is 1. The fraction of sp³-hybridized carbons (Fsp3) is 0.667. The molecule has 2 aliphatic rings. The molecule has 22 heavy (non-hydrogen) atoms. The zero-order chi connectivity index (χ0) is 15.3. The van der Waals surface area contributed by atoms with Crippen LogP contribution in [0.4, 0.5) is 0 Å². The fourth-order valence-corrected chi connectivity index (χ4v) is 4.62. The number of hydrogen-bond acceptors (Lipinski definition) is 4. The molecular weight excluding hydrogens is 294 g/mol. The maximum absolute atomic E-state index is 5.63. The minimum atomic E-state index is 0.215. The summed E-state index contributed by atoms with van der Waals surface area (Å²) in [7, 11) is 1.72. The van der Waals surface area contributed by atoms with Crippen molar-refractivity contribution < 1.29 is 9.47 Å². The first-order chi connectivity index (χ1) is 10.8. The first kappa shape index (κ1) is 16.2. The topological polar surface area (TPSA) is 30.5 Å². The number of benzene rings is 1. The van der Waals surface area contributed by atoms with Crippen LogP contribution in [-0.2, 0) is 10.2 Å². The molecule has 0 bridgehead atoms. The van der Waals surface area contributed by atoms with Crippen molar-refractivity contribution in [1.29, 1.82) is 0 Å². The summed E-state index contributed by atoms with van der Waals surface area (Å²) in [5, 5.41) is 3.85. The van der Waals surface area contributed by atoms with Crippen LogP contribution in [0.1, 0.15) is 31.2 Å². The van der Waals surface area contributed by atoms with Gasteiger partial charge >= 0.3 is 0 Å². The Hall–Kier alpha value is -0.710. The molecule has 2 fully saturated rings. The van der Waals surface area contributed by atoms with Crippen molar-refractivity contribution in [3.05, 3.63) is 29.8 Å². The van der Waals surface area contributed by atoms with Gasteiger partial charge in [-0.3, -0.25) is 0 Å². The number of methoxy groups -OCH3 is 1. The summed E-state index contributed by atoms with van der Waals surface area (Å²) in [5.41, 5.74) is 1.64. The lowest BCUT2D eigenvalue weighted by atomic mass is 9.74. The van der Waals surface area contributed by atoms with Crippen molar-refractivity contribution in [1.82, 2.24) is 5.32 Å². The molecule has 3 rings (SSSR count). The van der Waals surface area contributed by atoms with Gasteiger partial charge in [-0.25, -0.2) is 0 Å². The van der Waals surface area contributed by atoms with Crippen molar-refractivity contribution in [3.63, 3.8) is 0 Å². The van der Waals surface area contributed by atoms with Crippen molar-refractivity contribution in [2.75, 3.05) is 38.4 Å². The second kappa shape index (κ2) is 7.71. The molecule has 2 saturated heterocycles. The maximum Gasteiger partial charge on any atom is 0.118 e. The van der Waals surface area contributed by atoms with Crippen LogP contribution in [-0.4, -0.2) is 44.4 Å². The van der Waals surface area contributed by atoms with Crippen molar-refractivity contribution in [3.8, 4) is 5.75 Å². The molecule has 1 unspecified atom stereocenters. The third-order valence-corrected chi connectivity index (χ3v) is 6.26. The molecule has 1 atom stereocenters. The summed E-state index contributed by atoms with van der Waals surface area (Å²) in [6.07, 6.45) is 4.88. The van der Waals surface area contributed by atoms with Crippen LogP contribution >= 0.6 is 11.8 Å². The van der Waals surface area contributed by atoms with E-state index in [2.05, 4.69) is 41.3 Å². The molecule has 3 nitrogen and oxygen atoms in total. The van der Waals surface area contributed by atoms with Gasteiger partial charge in [-0.2, -0.15) is 11.8 Å². The SMILES string of the molecule is COc1ccc(C2(CNC3CCCSC3)CCOCC2)cc1. The van der Waals surface area contributed by atoms with Gasteiger partial charge in [0.1, 0.15) is 5.75 Å². The summed E-state index contributed by atoms with van der Waals surface area (Å²) in [6, 6.07) is 9.33. The normalized spacial score (nSPS) is 24.9. The van der Waals surface area contributed by atoms with Crippen molar-refractivity contribution >= 4 is 11.8 Å². The Morgan fingerprint density at radius 3 is 2.68 bits per heavy atom. The fourth-order valence-electron chi connectivity index (χ4n) is 3.52. The zero-order valence-corrected chi connectivity index (χ0v) is 14.3. The first-order valence-corrected chi connectivity index (χ1v) is 9.51. The summed E-state index contributed by atoms with van der Waals surface area (Å²) >= 11 is 2.09. The van der Waals surface area contributed by atoms with Gasteiger partial charge in [0.25, 0.3) is 0 Å². The standard InChI is InChI=1S/C18H27NO2S/c1-20-17-6-4-15(5-7-17)18(8-10-21-11-9-18)14-19-16-3-2-12-22-13-16/h4-7,16,19H,2-3,8-14H2,1H3. The van der Waals surface area contributed by atoms with Crippen LogP contribution in [0.3, 0.4) is 0 Å². The van der Waals surface area contributed by atoms with Gasteiger partial charge in [0.2, 0.25) is 0 Å². The van der Waals surface area contributed by atoms with Crippen molar-refractivity contribution in [2.45, 2.75) is 37.1 Å². The van der Waals surface area contributed by atoms with Gasteiger partial charge in [0, 0.05) is 37.0 Å². The number of thioether (sulfide) groups is 1. The molecule has 0 radical (unpaired) electrons. The molecule has 2 aliphatic heterocycles. The van der Waals surface area contributed by atoms with Gasteiger partial charge in [0.05, 0.1) is 7.11 Å². The van der Waals surface area contributed by atoms with E-state index >= 15 is 0 Å². The molecule has 0 aromatic heterocycles. The van der Waals surface area contributed by atoms with E-state index in [4.69, 9.17) is 9.47 Å². The molecule has 1 N–H and O–H groups in total. The highest BCUT2D eigenvalue weighted by atomic mass is 32.2. The van der Waals surface area contributed by atoms with E-state index in [1.54, 1.807) is 7.11 Å². The van der Waals surface area contributed by atoms with Crippen LogP contribution in [0, 0.1) is 0 Å². The Morgan fingerprint density at radius 1 is 1.27 bits per heavy atom. The Kier molecular flexibility index (Phi) is 5.66. The van der Waals surface area contributed by atoms with E-state index in [9.17, 15) is 0 Å². The smallest absolute Gasteiger partial charge is 0.118 e. The predicted octanol–water partition coefficient (Wildman–Crippen LogP) is 3.23. The third-order valence-electron chi connectivity index (χ3n) is 5.04. The lowest BCUT2D eigenvalue weighted by Gasteiger charge is -2.39. The Morgan fingerprint density at radius 2 is 2.05 bits per heavy atom. The van der Waals surface area contributed by atoms with E-state index in [1.165, 1.54) is 29.9 Å². The van der Waals surface area contributed by atoms with Crippen LogP contribution in [0.15, 0.2) is 24.3 Å². The summed E-state index contributed by atoms with van der Waals surface area (Å²) in [4.78, 5) is 0. The lowest BCUT2D eigenvalue weighted by molar-refractivity contribution is 0.0489. The van der Waals surface area contributed by atoms with Crippen LogP contribution in [0.5, 0.6) is 5.75 Å². The second-order valence-corrected chi connectivity index (χ2v) is 7.57. The number of rotatable bonds is 5. The van der Waals surface area contributed by atoms with Gasteiger partial charge in [-0.1, -0.05) is 12.1 Å². The quantitative estimate of drug-likeness (QED) is 0.902. The highest BCUT2D eigenvalue weighted by Gasteiger charge is 2.35. The number of ether oxygens (including phenoxy) is 2. The third kappa shape index (κ3) is 3.79.